The molecule has 136 valence electrons. The van der Waals surface area contributed by atoms with Crippen molar-refractivity contribution in [1.29, 1.82) is 0 Å². The summed E-state index contributed by atoms with van der Waals surface area (Å²) in [6.45, 7) is 0. The average Bonchev–Trinajstić information content (AvgIpc) is 2.72. The molecule has 0 aliphatic carbocycles. The molecule has 6 nitrogen and oxygen atoms in total. The van der Waals surface area contributed by atoms with Crippen LogP contribution >= 0.6 is 23.4 Å². The number of phenols is 1. The lowest BCUT2D eigenvalue weighted by Crippen LogP contribution is -2.26. The number of hydrogen-bond acceptors (Lipinski definition) is 5. The topological polar surface area (TPSA) is 95.9 Å². The van der Waals surface area contributed by atoms with Crippen LogP contribution < -0.4 is 10.1 Å². The van der Waals surface area contributed by atoms with Crippen LogP contribution in [0.15, 0.2) is 36.4 Å². The molecule has 1 aliphatic heterocycles. The fourth-order valence-corrected chi connectivity index (χ4v) is 4.44. The number of aromatic hydroxyl groups is 1. The smallest absolute Gasteiger partial charge is 0.305 e. The third-order valence-corrected chi connectivity index (χ3v) is 5.76. The number of fused-ring (bicyclic) bond motifs is 1. The van der Waals surface area contributed by atoms with Crippen molar-refractivity contribution in [3.8, 4) is 11.5 Å². The maximum absolute atomic E-state index is 12.5. The Balaban J connectivity index is 2.15. The number of amides is 1. The molecule has 1 aliphatic rings. The van der Waals surface area contributed by atoms with Crippen LogP contribution in [0.3, 0.4) is 0 Å². The SMILES string of the molecule is COc1cccc([C@H]2S[C@H](CC(=O)O)C(=O)Nc3ccc(Cl)cc32)c1O. The van der Waals surface area contributed by atoms with Gasteiger partial charge in [-0.3, -0.25) is 9.59 Å². The molecule has 8 heteroatoms. The third-order valence-electron chi connectivity index (χ3n) is 4.04. The maximum atomic E-state index is 12.5. The summed E-state index contributed by atoms with van der Waals surface area (Å²) in [6, 6.07) is 10.1. The lowest BCUT2D eigenvalue weighted by atomic mass is 10.0. The van der Waals surface area contributed by atoms with E-state index >= 15 is 0 Å². The minimum Gasteiger partial charge on any atom is -0.504 e. The number of hydrogen-bond donors (Lipinski definition) is 3. The number of nitrogens with one attached hydrogen (secondary N) is 1. The molecular formula is C18H16ClNO5S. The molecule has 0 bridgehead atoms. The molecular weight excluding hydrogens is 378 g/mol. The molecule has 0 aromatic heterocycles. The van der Waals surface area contributed by atoms with Crippen molar-refractivity contribution in [2.45, 2.75) is 16.9 Å². The van der Waals surface area contributed by atoms with E-state index in [-0.39, 0.29) is 12.2 Å². The molecule has 1 amide bonds. The molecule has 0 spiro atoms. The molecule has 3 rings (SSSR count). The predicted octanol–water partition coefficient (Wildman–Crippen LogP) is 3.67. The maximum Gasteiger partial charge on any atom is 0.305 e. The van der Waals surface area contributed by atoms with Crippen LogP contribution in [0.25, 0.3) is 0 Å². The predicted molar refractivity (Wildman–Crippen MR) is 100 cm³/mol. The highest BCUT2D eigenvalue weighted by Gasteiger charge is 2.34. The van der Waals surface area contributed by atoms with Crippen molar-refractivity contribution in [2.24, 2.45) is 0 Å². The van der Waals surface area contributed by atoms with Gasteiger partial charge in [-0.25, -0.2) is 0 Å². The number of aliphatic carboxylic acids is 1. The summed E-state index contributed by atoms with van der Waals surface area (Å²) in [5.41, 5.74) is 1.74. The van der Waals surface area contributed by atoms with Crippen molar-refractivity contribution in [3.05, 3.63) is 52.5 Å². The van der Waals surface area contributed by atoms with E-state index in [2.05, 4.69) is 5.32 Å². The Morgan fingerprint density at radius 3 is 2.77 bits per heavy atom. The van der Waals surface area contributed by atoms with Crippen molar-refractivity contribution in [1.82, 2.24) is 0 Å². The zero-order valence-electron chi connectivity index (χ0n) is 13.7. The van der Waals surface area contributed by atoms with E-state index in [9.17, 15) is 14.7 Å². The first-order valence-corrected chi connectivity index (χ1v) is 9.06. The van der Waals surface area contributed by atoms with Crippen LogP contribution in [0, 0.1) is 0 Å². The van der Waals surface area contributed by atoms with Crippen LogP contribution in [0.2, 0.25) is 5.02 Å². The number of carboxylic acid groups (broad SMARTS) is 1. The number of carbonyl (C=O) groups excluding carboxylic acids is 1. The lowest BCUT2D eigenvalue weighted by molar-refractivity contribution is -0.138. The average molecular weight is 394 g/mol. The molecule has 26 heavy (non-hydrogen) atoms. The van der Waals surface area contributed by atoms with E-state index in [1.807, 2.05) is 0 Å². The summed E-state index contributed by atoms with van der Waals surface area (Å²) >= 11 is 7.29. The molecule has 2 aromatic carbocycles. The molecule has 0 saturated carbocycles. The van der Waals surface area contributed by atoms with Gasteiger partial charge >= 0.3 is 5.97 Å². The van der Waals surface area contributed by atoms with Gasteiger partial charge in [-0.1, -0.05) is 23.7 Å². The molecule has 1 heterocycles. The Hall–Kier alpha value is -2.38. The number of rotatable bonds is 4. The zero-order valence-corrected chi connectivity index (χ0v) is 15.3. The normalized spacial score (nSPS) is 19.2. The number of phenolic OH excluding ortho intramolecular Hbond substituents is 1. The standard InChI is InChI=1S/C18H16ClNO5S/c1-25-13-4-2-3-10(16(13)23)17-11-7-9(19)5-6-12(11)20-18(24)14(26-17)8-15(21)22/h2-7,14,17,23H,8H2,1H3,(H,20,24)(H,21,22)/t14-,17-/m1/s1. The molecule has 0 saturated heterocycles. The van der Waals surface area contributed by atoms with Crippen LogP contribution in [0.4, 0.5) is 5.69 Å². The van der Waals surface area contributed by atoms with Crippen molar-refractivity contribution in [3.63, 3.8) is 0 Å². The molecule has 3 N–H and O–H groups in total. The van der Waals surface area contributed by atoms with Crippen LogP contribution in [0.5, 0.6) is 11.5 Å². The number of thioether (sulfide) groups is 1. The molecule has 0 radical (unpaired) electrons. The highest BCUT2D eigenvalue weighted by atomic mass is 35.5. The summed E-state index contributed by atoms with van der Waals surface area (Å²) in [7, 11) is 1.45. The summed E-state index contributed by atoms with van der Waals surface area (Å²) in [6.07, 6.45) is -0.334. The Bertz CT molecular complexity index is 873. The number of benzene rings is 2. The summed E-state index contributed by atoms with van der Waals surface area (Å²) < 4.78 is 5.17. The molecule has 2 aromatic rings. The van der Waals surface area contributed by atoms with Gasteiger partial charge in [0.15, 0.2) is 11.5 Å². The Kier molecular flexibility index (Phi) is 5.29. The number of carbonyl (C=O) groups is 2. The highest BCUT2D eigenvalue weighted by molar-refractivity contribution is 8.01. The first kappa shape index (κ1) is 18.4. The number of anilines is 1. The highest BCUT2D eigenvalue weighted by Crippen LogP contribution is 2.49. The number of carboxylic acids is 1. The van der Waals surface area contributed by atoms with Gasteiger partial charge in [0.25, 0.3) is 0 Å². The minimum atomic E-state index is -1.07. The number of para-hydroxylation sites is 1. The lowest BCUT2D eigenvalue weighted by Gasteiger charge is -2.21. The number of methoxy groups -OCH3 is 1. The van der Waals surface area contributed by atoms with Gasteiger partial charge in [0, 0.05) is 16.3 Å². The second-order valence-electron chi connectivity index (χ2n) is 5.72. The first-order valence-electron chi connectivity index (χ1n) is 7.74. The quantitative estimate of drug-likeness (QED) is 0.733. The Morgan fingerprint density at radius 1 is 1.31 bits per heavy atom. The zero-order chi connectivity index (χ0) is 18.8. The summed E-state index contributed by atoms with van der Waals surface area (Å²) in [5, 5.41) is 21.6. The number of ether oxygens (including phenoxy) is 1. The van der Waals surface area contributed by atoms with E-state index < -0.39 is 22.4 Å². The second-order valence-corrected chi connectivity index (χ2v) is 7.47. The summed E-state index contributed by atoms with van der Waals surface area (Å²) in [4.78, 5) is 23.6. The van der Waals surface area contributed by atoms with Crippen molar-refractivity contribution in [2.75, 3.05) is 12.4 Å². The van der Waals surface area contributed by atoms with Gasteiger partial charge in [0.1, 0.15) is 0 Å². The van der Waals surface area contributed by atoms with E-state index in [0.29, 0.717) is 27.6 Å². The van der Waals surface area contributed by atoms with E-state index in [1.54, 1.807) is 36.4 Å². The van der Waals surface area contributed by atoms with Gasteiger partial charge in [-0.05, 0) is 29.8 Å². The Labute approximate surface area is 159 Å². The van der Waals surface area contributed by atoms with Gasteiger partial charge in [0.2, 0.25) is 5.91 Å². The fourth-order valence-electron chi connectivity index (χ4n) is 2.83. The third kappa shape index (κ3) is 3.59. The van der Waals surface area contributed by atoms with Crippen LogP contribution in [0.1, 0.15) is 22.8 Å². The van der Waals surface area contributed by atoms with E-state index in [0.717, 1.165) is 11.8 Å². The minimum absolute atomic E-state index is 0.0538. The van der Waals surface area contributed by atoms with E-state index in [4.69, 9.17) is 21.4 Å². The van der Waals surface area contributed by atoms with Crippen molar-refractivity contribution >= 4 is 40.9 Å². The molecule has 2 atom stereocenters. The first-order chi connectivity index (χ1) is 12.4. The second kappa shape index (κ2) is 7.47. The van der Waals surface area contributed by atoms with Crippen LogP contribution in [-0.2, 0) is 9.59 Å². The van der Waals surface area contributed by atoms with Gasteiger partial charge in [-0.15, -0.1) is 11.8 Å². The van der Waals surface area contributed by atoms with Gasteiger partial charge in [0.05, 0.1) is 24.0 Å². The van der Waals surface area contributed by atoms with Gasteiger partial charge < -0.3 is 20.3 Å². The van der Waals surface area contributed by atoms with E-state index in [1.165, 1.54) is 7.11 Å². The fraction of sp³-hybridized carbons (Fsp3) is 0.222. The largest absolute Gasteiger partial charge is 0.504 e. The van der Waals surface area contributed by atoms with Crippen molar-refractivity contribution < 1.29 is 24.5 Å². The monoisotopic (exact) mass is 393 g/mol. The van der Waals surface area contributed by atoms with Crippen LogP contribution in [-0.4, -0.2) is 34.4 Å². The molecule has 0 fully saturated rings. The Morgan fingerprint density at radius 2 is 2.08 bits per heavy atom. The summed E-state index contributed by atoms with van der Waals surface area (Å²) in [5.74, 6) is -1.23. The van der Waals surface area contributed by atoms with Gasteiger partial charge in [-0.2, -0.15) is 0 Å². The molecule has 0 unspecified atom stereocenters. The number of halogens is 1.